The first-order chi connectivity index (χ1) is 6.34. The first kappa shape index (κ1) is 12.2. The van der Waals surface area contributed by atoms with E-state index < -0.39 is 30.1 Å². The largest absolute Gasteiger partial charge is 0.480 e. The lowest BCUT2D eigenvalue weighted by Crippen LogP contribution is -2.49. The third-order valence-electron chi connectivity index (χ3n) is 1.44. The van der Waals surface area contributed by atoms with Crippen LogP contribution in [-0.4, -0.2) is 40.3 Å². The fourth-order valence-corrected chi connectivity index (χ4v) is 0.558. The lowest BCUT2D eigenvalue weighted by Gasteiger charge is -2.12. The van der Waals surface area contributed by atoms with Crippen LogP contribution in [0.5, 0.6) is 0 Å². The lowest BCUT2D eigenvalue weighted by atomic mass is 10.3. The Morgan fingerprint density at radius 1 is 0.929 bits per heavy atom. The minimum absolute atomic E-state index is 0.824. The summed E-state index contributed by atoms with van der Waals surface area (Å²) in [5, 5.41) is 20.9. The van der Waals surface area contributed by atoms with Gasteiger partial charge in [0.05, 0.1) is 0 Å². The quantitative estimate of drug-likeness (QED) is 0.480. The monoisotopic (exact) mass is 204 g/mol. The molecule has 2 amide bonds. The summed E-state index contributed by atoms with van der Waals surface area (Å²) < 4.78 is 0. The Kier molecular flexibility index (Phi) is 4.41. The molecule has 2 atom stereocenters. The number of aliphatic carboxylic acids is 2. The van der Waals surface area contributed by atoms with Gasteiger partial charge in [-0.1, -0.05) is 0 Å². The van der Waals surface area contributed by atoms with E-state index in [9.17, 15) is 14.4 Å². The average Bonchev–Trinajstić information content (AvgIpc) is 2.03. The molecule has 0 radical (unpaired) electrons. The normalized spacial score (nSPS) is 13.9. The van der Waals surface area contributed by atoms with Crippen LogP contribution < -0.4 is 10.6 Å². The molecule has 14 heavy (non-hydrogen) atoms. The molecule has 0 bridgehead atoms. The maximum atomic E-state index is 10.9. The summed E-state index contributed by atoms with van der Waals surface area (Å²) in [4.78, 5) is 31.5. The third kappa shape index (κ3) is 4.29. The van der Waals surface area contributed by atoms with Gasteiger partial charge in [0.1, 0.15) is 12.1 Å². The van der Waals surface area contributed by atoms with Gasteiger partial charge >= 0.3 is 18.0 Å². The number of carboxylic acids is 2. The predicted octanol–water partition coefficient (Wildman–Crippen LogP) is -0.768. The molecule has 0 fully saturated rings. The van der Waals surface area contributed by atoms with Gasteiger partial charge in [-0.3, -0.25) is 9.59 Å². The number of hydrogen-bond donors (Lipinski definition) is 4. The van der Waals surface area contributed by atoms with Crippen LogP contribution in [0.1, 0.15) is 13.8 Å². The summed E-state index contributed by atoms with van der Waals surface area (Å²) in [7, 11) is 0. The highest BCUT2D eigenvalue weighted by Crippen LogP contribution is 1.84. The van der Waals surface area contributed by atoms with Crippen molar-refractivity contribution in [2.45, 2.75) is 25.9 Å². The van der Waals surface area contributed by atoms with Gasteiger partial charge < -0.3 is 20.8 Å². The van der Waals surface area contributed by atoms with Crippen LogP contribution in [0.25, 0.3) is 0 Å². The topological polar surface area (TPSA) is 116 Å². The fraction of sp³-hybridized carbons (Fsp3) is 0.571. The van der Waals surface area contributed by atoms with Crippen molar-refractivity contribution in [1.82, 2.24) is 10.6 Å². The van der Waals surface area contributed by atoms with Crippen molar-refractivity contribution < 1.29 is 24.6 Å². The second kappa shape index (κ2) is 5.05. The molecule has 7 nitrogen and oxygen atoms in total. The highest BCUT2D eigenvalue weighted by Gasteiger charge is 2.17. The molecule has 0 saturated heterocycles. The highest BCUT2D eigenvalue weighted by atomic mass is 16.4. The second-order valence-electron chi connectivity index (χ2n) is 2.74. The van der Waals surface area contributed by atoms with Crippen LogP contribution in [0, 0.1) is 0 Å². The molecular weight excluding hydrogens is 192 g/mol. The van der Waals surface area contributed by atoms with E-state index in [0.29, 0.717) is 0 Å². The van der Waals surface area contributed by atoms with Gasteiger partial charge in [0.15, 0.2) is 0 Å². The van der Waals surface area contributed by atoms with E-state index in [2.05, 4.69) is 10.6 Å². The maximum Gasteiger partial charge on any atom is 0.325 e. The summed E-state index contributed by atoms with van der Waals surface area (Å²) in [5.74, 6) is -2.38. The summed E-state index contributed by atoms with van der Waals surface area (Å²) in [6, 6.07) is -2.94. The fourth-order valence-electron chi connectivity index (χ4n) is 0.558. The van der Waals surface area contributed by atoms with Gasteiger partial charge in [0, 0.05) is 0 Å². The lowest BCUT2D eigenvalue weighted by molar-refractivity contribution is -0.139. The Morgan fingerprint density at radius 3 is 1.43 bits per heavy atom. The molecule has 0 spiro atoms. The third-order valence-corrected chi connectivity index (χ3v) is 1.44. The second-order valence-corrected chi connectivity index (χ2v) is 2.74. The van der Waals surface area contributed by atoms with Crippen molar-refractivity contribution in [1.29, 1.82) is 0 Å². The number of urea groups is 1. The first-order valence-corrected chi connectivity index (χ1v) is 3.87. The van der Waals surface area contributed by atoms with Crippen molar-refractivity contribution in [3.8, 4) is 0 Å². The van der Waals surface area contributed by atoms with E-state index in [1.54, 1.807) is 0 Å². The van der Waals surface area contributed by atoms with Crippen LogP contribution in [0.15, 0.2) is 0 Å². The number of nitrogens with one attached hydrogen (secondary N) is 2. The van der Waals surface area contributed by atoms with Crippen molar-refractivity contribution in [3.63, 3.8) is 0 Å². The first-order valence-electron chi connectivity index (χ1n) is 3.87. The molecule has 0 rings (SSSR count). The zero-order valence-corrected chi connectivity index (χ0v) is 7.77. The van der Waals surface area contributed by atoms with E-state index in [1.807, 2.05) is 0 Å². The maximum absolute atomic E-state index is 10.9. The number of hydrogen-bond acceptors (Lipinski definition) is 3. The van der Waals surface area contributed by atoms with Crippen molar-refractivity contribution >= 4 is 18.0 Å². The Morgan fingerprint density at radius 2 is 1.21 bits per heavy atom. The summed E-state index contributed by atoms with van der Waals surface area (Å²) >= 11 is 0. The Balaban J connectivity index is 3.99. The Hall–Kier alpha value is -1.79. The van der Waals surface area contributed by atoms with E-state index >= 15 is 0 Å². The zero-order chi connectivity index (χ0) is 11.3. The van der Waals surface area contributed by atoms with Gasteiger partial charge in [-0.05, 0) is 13.8 Å². The smallest absolute Gasteiger partial charge is 0.325 e. The van der Waals surface area contributed by atoms with Gasteiger partial charge in [-0.25, -0.2) is 4.79 Å². The van der Waals surface area contributed by atoms with Crippen molar-refractivity contribution in [3.05, 3.63) is 0 Å². The predicted molar refractivity (Wildman–Crippen MR) is 45.9 cm³/mol. The number of carbonyl (C=O) groups is 3. The zero-order valence-electron chi connectivity index (χ0n) is 7.77. The number of carbonyl (C=O) groups excluding carboxylic acids is 1. The highest BCUT2D eigenvalue weighted by molar-refractivity contribution is 5.85. The minimum atomic E-state index is -1.19. The standard InChI is InChI=1S/C7H12N2O5/c1-3(5(10)11)8-7(14)9-4(2)6(12)13/h3-4H,1-2H3,(H,10,11)(H,12,13)(H2,8,9,14). The molecule has 2 unspecified atom stereocenters. The molecule has 7 heteroatoms. The number of rotatable bonds is 4. The molecule has 0 aliphatic heterocycles. The molecule has 0 aromatic heterocycles. The van der Waals surface area contributed by atoms with Gasteiger partial charge in [0.25, 0.3) is 0 Å². The molecule has 0 aromatic carbocycles. The van der Waals surface area contributed by atoms with E-state index in [1.165, 1.54) is 13.8 Å². The Bertz CT molecular complexity index is 228. The molecule has 0 saturated carbocycles. The van der Waals surface area contributed by atoms with E-state index in [-0.39, 0.29) is 0 Å². The van der Waals surface area contributed by atoms with Crippen LogP contribution >= 0.6 is 0 Å². The molecule has 0 aromatic rings. The van der Waals surface area contributed by atoms with Crippen LogP contribution in [0.3, 0.4) is 0 Å². The van der Waals surface area contributed by atoms with Gasteiger partial charge in [-0.15, -0.1) is 0 Å². The molecule has 80 valence electrons. The van der Waals surface area contributed by atoms with Crippen molar-refractivity contribution in [2.75, 3.05) is 0 Å². The van der Waals surface area contributed by atoms with Crippen LogP contribution in [0.4, 0.5) is 4.79 Å². The van der Waals surface area contributed by atoms with Gasteiger partial charge in [0.2, 0.25) is 0 Å². The van der Waals surface area contributed by atoms with E-state index in [4.69, 9.17) is 10.2 Å². The molecule has 0 heterocycles. The van der Waals surface area contributed by atoms with Gasteiger partial charge in [-0.2, -0.15) is 0 Å². The number of amides is 2. The average molecular weight is 204 g/mol. The SMILES string of the molecule is CC(NC(=O)NC(C)C(=O)O)C(=O)O. The summed E-state index contributed by atoms with van der Waals surface area (Å²) in [5.41, 5.74) is 0. The molecular formula is C7H12N2O5. The Labute approximate surface area is 80.1 Å². The summed E-state index contributed by atoms with van der Waals surface area (Å²) in [6.45, 7) is 2.54. The summed E-state index contributed by atoms with van der Waals surface area (Å²) in [6.07, 6.45) is 0. The molecule has 4 N–H and O–H groups in total. The molecule has 0 aliphatic carbocycles. The van der Waals surface area contributed by atoms with Crippen LogP contribution in [-0.2, 0) is 9.59 Å². The van der Waals surface area contributed by atoms with Crippen LogP contribution in [0.2, 0.25) is 0 Å². The van der Waals surface area contributed by atoms with Crippen molar-refractivity contribution in [2.24, 2.45) is 0 Å². The molecule has 0 aliphatic rings. The number of carboxylic acid groups (broad SMARTS) is 2. The van der Waals surface area contributed by atoms with E-state index in [0.717, 1.165) is 0 Å². The minimum Gasteiger partial charge on any atom is -0.480 e.